The molecule has 0 atom stereocenters. The molecule has 0 fully saturated rings. The van der Waals surface area contributed by atoms with E-state index in [9.17, 15) is 21.6 Å². The van der Waals surface area contributed by atoms with Crippen LogP contribution in [0, 0.1) is 0 Å². The van der Waals surface area contributed by atoms with Gasteiger partial charge < -0.3 is 10.2 Å². The van der Waals surface area contributed by atoms with Crippen molar-refractivity contribution in [2.45, 2.75) is 24.2 Å². The fourth-order valence-electron chi connectivity index (χ4n) is 2.57. The van der Waals surface area contributed by atoms with Gasteiger partial charge in [0.1, 0.15) is 0 Å². The highest BCUT2D eigenvalue weighted by atomic mass is 32.2. The number of aliphatic imine (C=N–C) groups is 1. The molecule has 0 amide bonds. The van der Waals surface area contributed by atoms with Gasteiger partial charge in [0.15, 0.2) is 15.8 Å². The summed E-state index contributed by atoms with van der Waals surface area (Å²) >= 11 is 0. The highest BCUT2D eigenvalue weighted by molar-refractivity contribution is 7.90. The molecule has 152 valence electrons. The van der Waals surface area contributed by atoms with Crippen LogP contribution in [0.15, 0.2) is 58.4 Å². The molecule has 0 heterocycles. The number of halogens is 3. The van der Waals surface area contributed by atoms with Gasteiger partial charge in [-0.3, -0.25) is 4.99 Å². The van der Waals surface area contributed by atoms with E-state index in [0.29, 0.717) is 19.0 Å². The van der Waals surface area contributed by atoms with Crippen molar-refractivity contribution in [2.24, 2.45) is 4.99 Å². The van der Waals surface area contributed by atoms with Crippen LogP contribution >= 0.6 is 0 Å². The normalized spacial score (nSPS) is 12.7. The predicted octanol–water partition coefficient (Wildman–Crippen LogP) is 3.32. The van der Waals surface area contributed by atoms with E-state index in [-0.39, 0.29) is 4.90 Å². The molecule has 0 saturated carbocycles. The van der Waals surface area contributed by atoms with E-state index in [1.54, 1.807) is 43.3 Å². The second kappa shape index (κ2) is 8.64. The Bertz CT molecular complexity index is 922. The second-order valence-corrected chi connectivity index (χ2v) is 8.38. The van der Waals surface area contributed by atoms with Crippen molar-refractivity contribution >= 4 is 15.8 Å². The van der Waals surface area contributed by atoms with Gasteiger partial charge in [-0.1, -0.05) is 24.3 Å². The lowest BCUT2D eigenvalue weighted by atomic mass is 10.1. The summed E-state index contributed by atoms with van der Waals surface area (Å²) in [6.07, 6.45) is -3.20. The van der Waals surface area contributed by atoms with Gasteiger partial charge in [-0.15, -0.1) is 0 Å². The molecule has 0 radical (unpaired) electrons. The molecule has 5 nitrogen and oxygen atoms in total. The molecule has 0 aliphatic heterocycles. The molecule has 0 unspecified atom stereocenters. The van der Waals surface area contributed by atoms with Crippen LogP contribution in [0.5, 0.6) is 0 Å². The Balaban J connectivity index is 1.97. The van der Waals surface area contributed by atoms with Crippen LogP contribution in [0.3, 0.4) is 0 Å². The Hall–Kier alpha value is -2.55. The molecule has 0 bridgehead atoms. The largest absolute Gasteiger partial charge is 0.416 e. The van der Waals surface area contributed by atoms with Gasteiger partial charge in [0.05, 0.1) is 10.5 Å². The molecule has 28 heavy (non-hydrogen) atoms. The Morgan fingerprint density at radius 2 is 1.57 bits per heavy atom. The molecule has 9 heteroatoms. The second-order valence-electron chi connectivity index (χ2n) is 6.37. The average molecular weight is 413 g/mol. The monoisotopic (exact) mass is 413 g/mol. The topological polar surface area (TPSA) is 61.8 Å². The molecule has 1 N–H and O–H groups in total. The van der Waals surface area contributed by atoms with Crippen LogP contribution in [0.25, 0.3) is 0 Å². The number of nitrogens with one attached hydrogen (secondary N) is 1. The highest BCUT2D eigenvalue weighted by Gasteiger charge is 2.29. The summed E-state index contributed by atoms with van der Waals surface area (Å²) < 4.78 is 60.9. The molecule has 2 aromatic carbocycles. The summed E-state index contributed by atoms with van der Waals surface area (Å²) in [7, 11) is 0.148. The number of alkyl halides is 3. The highest BCUT2D eigenvalue weighted by Crippen LogP contribution is 2.29. The van der Waals surface area contributed by atoms with Crippen molar-refractivity contribution in [1.82, 2.24) is 10.2 Å². The van der Waals surface area contributed by atoms with E-state index >= 15 is 0 Å². The van der Waals surface area contributed by atoms with Gasteiger partial charge in [-0.2, -0.15) is 13.2 Å². The maximum atomic E-state index is 12.6. The zero-order valence-electron chi connectivity index (χ0n) is 15.8. The van der Waals surface area contributed by atoms with Crippen molar-refractivity contribution < 1.29 is 21.6 Å². The van der Waals surface area contributed by atoms with Crippen molar-refractivity contribution in [3.8, 4) is 0 Å². The fraction of sp³-hybridized carbons (Fsp3) is 0.316. The number of rotatable bonds is 5. The quantitative estimate of drug-likeness (QED) is 0.604. The predicted molar refractivity (Wildman–Crippen MR) is 103 cm³/mol. The zero-order valence-corrected chi connectivity index (χ0v) is 16.6. The lowest BCUT2D eigenvalue weighted by molar-refractivity contribution is -0.137. The number of sulfone groups is 1. The number of hydrogen-bond donors (Lipinski definition) is 1. The first-order chi connectivity index (χ1) is 13.0. The summed E-state index contributed by atoms with van der Waals surface area (Å²) in [6.45, 7) is 0.804. The standard InChI is InChI=1S/C19H22F3N3O2S/c1-23-18(24-12-14-6-10-17(11-7-14)28(3,26)27)25(2)13-15-4-8-16(9-5-15)19(20,21)22/h4-11H,12-13H2,1-3H3,(H,23,24). The van der Waals surface area contributed by atoms with E-state index in [0.717, 1.165) is 29.5 Å². The van der Waals surface area contributed by atoms with Gasteiger partial charge in [-0.05, 0) is 35.4 Å². The Morgan fingerprint density at radius 3 is 2.04 bits per heavy atom. The van der Waals surface area contributed by atoms with Gasteiger partial charge in [0.2, 0.25) is 0 Å². The van der Waals surface area contributed by atoms with E-state index in [4.69, 9.17) is 0 Å². The first kappa shape index (κ1) is 21.7. The molecule has 2 rings (SSSR count). The Kier molecular flexibility index (Phi) is 6.71. The van der Waals surface area contributed by atoms with Crippen molar-refractivity contribution in [1.29, 1.82) is 0 Å². The number of benzene rings is 2. The van der Waals surface area contributed by atoms with Crippen LogP contribution in [-0.2, 0) is 29.1 Å². The van der Waals surface area contributed by atoms with E-state index in [1.165, 1.54) is 12.1 Å². The van der Waals surface area contributed by atoms with Crippen molar-refractivity contribution in [3.63, 3.8) is 0 Å². The van der Waals surface area contributed by atoms with Crippen molar-refractivity contribution in [2.75, 3.05) is 20.4 Å². The van der Waals surface area contributed by atoms with Gasteiger partial charge >= 0.3 is 6.18 Å². The van der Waals surface area contributed by atoms with Crippen LogP contribution in [0.2, 0.25) is 0 Å². The first-order valence-electron chi connectivity index (χ1n) is 8.37. The minimum Gasteiger partial charge on any atom is -0.352 e. The molecular weight excluding hydrogens is 391 g/mol. The molecule has 0 spiro atoms. The molecule has 0 saturated heterocycles. The van der Waals surface area contributed by atoms with Crippen LogP contribution in [0.4, 0.5) is 13.2 Å². The Labute approximate surface area is 162 Å². The van der Waals surface area contributed by atoms with E-state index in [2.05, 4.69) is 10.3 Å². The number of nitrogens with zero attached hydrogens (tertiary/aromatic N) is 2. The summed E-state index contributed by atoms with van der Waals surface area (Å²) in [5.74, 6) is 0.562. The average Bonchev–Trinajstić information content (AvgIpc) is 2.61. The number of hydrogen-bond acceptors (Lipinski definition) is 3. The summed E-state index contributed by atoms with van der Waals surface area (Å²) in [5, 5.41) is 3.15. The molecule has 2 aromatic rings. The molecule has 0 aromatic heterocycles. The van der Waals surface area contributed by atoms with E-state index in [1.807, 2.05) is 0 Å². The third-order valence-corrected chi connectivity index (χ3v) is 5.20. The maximum absolute atomic E-state index is 12.6. The van der Waals surface area contributed by atoms with Crippen LogP contribution in [0.1, 0.15) is 16.7 Å². The van der Waals surface area contributed by atoms with E-state index < -0.39 is 21.6 Å². The SMILES string of the molecule is CN=C(NCc1ccc(S(C)(=O)=O)cc1)N(C)Cc1ccc(C(F)(F)F)cc1. The molecular formula is C19H22F3N3O2S. The third-order valence-electron chi connectivity index (χ3n) is 4.08. The van der Waals surface area contributed by atoms with Crippen LogP contribution < -0.4 is 5.32 Å². The smallest absolute Gasteiger partial charge is 0.352 e. The van der Waals surface area contributed by atoms with Gasteiger partial charge in [0.25, 0.3) is 0 Å². The zero-order chi connectivity index (χ0) is 20.9. The number of guanidine groups is 1. The summed E-state index contributed by atoms with van der Waals surface area (Å²) in [5.41, 5.74) is 0.909. The summed E-state index contributed by atoms with van der Waals surface area (Å²) in [4.78, 5) is 6.20. The van der Waals surface area contributed by atoms with Crippen LogP contribution in [-0.4, -0.2) is 39.6 Å². The minimum atomic E-state index is -4.35. The Morgan fingerprint density at radius 1 is 1.04 bits per heavy atom. The first-order valence-corrected chi connectivity index (χ1v) is 10.3. The fourth-order valence-corrected chi connectivity index (χ4v) is 3.20. The minimum absolute atomic E-state index is 0.250. The molecule has 0 aliphatic carbocycles. The maximum Gasteiger partial charge on any atom is 0.416 e. The van der Waals surface area contributed by atoms with Gasteiger partial charge in [0, 0.05) is 33.4 Å². The summed E-state index contributed by atoms with van der Waals surface area (Å²) in [6, 6.07) is 11.5. The lowest BCUT2D eigenvalue weighted by Crippen LogP contribution is -2.38. The molecule has 0 aliphatic rings. The van der Waals surface area contributed by atoms with Gasteiger partial charge in [-0.25, -0.2) is 8.42 Å². The lowest BCUT2D eigenvalue weighted by Gasteiger charge is -2.22. The van der Waals surface area contributed by atoms with Crippen molar-refractivity contribution in [3.05, 3.63) is 65.2 Å². The third kappa shape index (κ3) is 5.98.